The topological polar surface area (TPSA) is 55.1 Å². The Bertz CT molecular complexity index is 687. The molecule has 1 aliphatic rings. The Balaban J connectivity index is 2.05. The normalized spacial score (nSPS) is 17.4. The summed E-state index contributed by atoms with van der Waals surface area (Å²) in [6.45, 7) is 2.70. The van der Waals surface area contributed by atoms with Gasteiger partial charge in [0, 0.05) is 19.0 Å². The third kappa shape index (κ3) is 2.30. The Morgan fingerprint density at radius 2 is 2.14 bits per heavy atom. The minimum atomic E-state index is -0.735. The minimum absolute atomic E-state index is 0.316. The average molecular weight is 290 g/mol. The second kappa shape index (κ2) is 5.13. The molecule has 0 atom stereocenters. The van der Waals surface area contributed by atoms with Crippen LogP contribution < -0.4 is 0 Å². The van der Waals surface area contributed by atoms with E-state index in [1.165, 1.54) is 12.1 Å². The highest BCUT2D eigenvalue weighted by atomic mass is 19.1. The summed E-state index contributed by atoms with van der Waals surface area (Å²) >= 11 is 0. The fourth-order valence-corrected chi connectivity index (χ4v) is 3.46. The van der Waals surface area contributed by atoms with Crippen LogP contribution in [0, 0.1) is 11.2 Å². The number of halogens is 1. The van der Waals surface area contributed by atoms with Crippen molar-refractivity contribution in [1.82, 2.24) is 9.55 Å². The van der Waals surface area contributed by atoms with Crippen molar-refractivity contribution in [1.29, 1.82) is 0 Å². The largest absolute Gasteiger partial charge is 0.481 e. The summed E-state index contributed by atoms with van der Waals surface area (Å²) in [5.41, 5.74) is 0.769. The van der Waals surface area contributed by atoms with E-state index in [1.54, 1.807) is 6.07 Å². The molecule has 2 aromatic rings. The van der Waals surface area contributed by atoms with Gasteiger partial charge in [0.2, 0.25) is 0 Å². The van der Waals surface area contributed by atoms with E-state index in [1.807, 2.05) is 11.5 Å². The molecule has 1 fully saturated rings. The van der Waals surface area contributed by atoms with Gasteiger partial charge in [0.25, 0.3) is 0 Å². The van der Waals surface area contributed by atoms with Gasteiger partial charge >= 0.3 is 5.97 Å². The molecule has 0 saturated heterocycles. The first-order valence-corrected chi connectivity index (χ1v) is 7.44. The highest BCUT2D eigenvalue weighted by molar-refractivity contribution is 5.78. The number of aryl methyl sites for hydroxylation is 1. The van der Waals surface area contributed by atoms with Crippen molar-refractivity contribution < 1.29 is 14.3 Å². The third-order valence-corrected chi connectivity index (χ3v) is 4.62. The Labute approximate surface area is 122 Å². The maximum Gasteiger partial charge on any atom is 0.310 e. The van der Waals surface area contributed by atoms with Crippen molar-refractivity contribution in [2.24, 2.45) is 5.41 Å². The molecule has 0 radical (unpaired) electrons. The van der Waals surface area contributed by atoms with E-state index in [0.717, 1.165) is 24.2 Å². The zero-order chi connectivity index (χ0) is 15.0. The summed E-state index contributed by atoms with van der Waals surface area (Å²) < 4.78 is 15.3. The van der Waals surface area contributed by atoms with Gasteiger partial charge in [0.15, 0.2) is 0 Å². The van der Waals surface area contributed by atoms with Gasteiger partial charge in [-0.1, -0.05) is 12.8 Å². The van der Waals surface area contributed by atoms with Crippen LogP contribution in [0.15, 0.2) is 18.2 Å². The van der Waals surface area contributed by atoms with Crippen molar-refractivity contribution in [3.63, 3.8) is 0 Å². The van der Waals surface area contributed by atoms with E-state index in [9.17, 15) is 14.3 Å². The highest BCUT2D eigenvalue weighted by Crippen LogP contribution is 2.41. The molecule has 1 heterocycles. The summed E-state index contributed by atoms with van der Waals surface area (Å²) in [7, 11) is 0. The predicted octanol–water partition coefficient (Wildman–Crippen LogP) is 3.38. The number of hydrogen-bond donors (Lipinski definition) is 1. The molecule has 1 aromatic heterocycles. The second-order valence-corrected chi connectivity index (χ2v) is 5.87. The molecule has 0 spiro atoms. The lowest BCUT2D eigenvalue weighted by Crippen LogP contribution is -2.31. The van der Waals surface area contributed by atoms with Gasteiger partial charge < -0.3 is 9.67 Å². The maximum absolute atomic E-state index is 13.3. The number of fused-ring (bicyclic) bond motifs is 1. The van der Waals surface area contributed by atoms with Gasteiger partial charge in [-0.15, -0.1) is 0 Å². The van der Waals surface area contributed by atoms with Crippen LogP contribution in [0.3, 0.4) is 0 Å². The van der Waals surface area contributed by atoms with Crippen molar-refractivity contribution >= 4 is 17.0 Å². The van der Waals surface area contributed by atoms with Crippen LogP contribution in [0.2, 0.25) is 0 Å². The highest BCUT2D eigenvalue weighted by Gasteiger charge is 2.42. The molecule has 0 bridgehead atoms. The SMILES string of the molecule is CCn1c(CC2(C(=O)O)CCCC2)nc2cc(F)ccc21. The first-order chi connectivity index (χ1) is 10.1. The van der Waals surface area contributed by atoms with Crippen LogP contribution in [-0.4, -0.2) is 20.6 Å². The Hall–Kier alpha value is -1.91. The predicted molar refractivity (Wildman–Crippen MR) is 77.6 cm³/mol. The van der Waals surface area contributed by atoms with Gasteiger partial charge in [-0.3, -0.25) is 4.79 Å². The van der Waals surface area contributed by atoms with E-state index in [4.69, 9.17) is 0 Å². The molecule has 1 saturated carbocycles. The zero-order valence-electron chi connectivity index (χ0n) is 12.1. The fourth-order valence-electron chi connectivity index (χ4n) is 3.46. The smallest absolute Gasteiger partial charge is 0.310 e. The molecular weight excluding hydrogens is 271 g/mol. The molecule has 4 nitrogen and oxygen atoms in total. The molecule has 1 N–H and O–H groups in total. The number of aliphatic carboxylic acids is 1. The first kappa shape index (κ1) is 14.0. The van der Waals surface area contributed by atoms with Gasteiger partial charge in [0.1, 0.15) is 11.6 Å². The Kier molecular flexibility index (Phi) is 3.43. The van der Waals surface area contributed by atoms with Crippen LogP contribution in [0.4, 0.5) is 4.39 Å². The van der Waals surface area contributed by atoms with Crippen molar-refractivity contribution in [2.45, 2.75) is 45.6 Å². The van der Waals surface area contributed by atoms with E-state index in [0.29, 0.717) is 31.3 Å². The molecule has 1 aromatic carbocycles. The number of carboxylic acid groups (broad SMARTS) is 1. The zero-order valence-corrected chi connectivity index (χ0v) is 12.1. The molecule has 21 heavy (non-hydrogen) atoms. The molecular formula is C16H19FN2O2. The number of carbonyl (C=O) groups is 1. The summed E-state index contributed by atoms with van der Waals surface area (Å²) in [4.78, 5) is 16.2. The van der Waals surface area contributed by atoms with Gasteiger partial charge in [-0.25, -0.2) is 9.37 Å². The molecule has 5 heteroatoms. The van der Waals surface area contributed by atoms with E-state index in [2.05, 4.69) is 4.98 Å². The lowest BCUT2D eigenvalue weighted by atomic mass is 9.82. The summed E-state index contributed by atoms with van der Waals surface area (Å²) in [5.74, 6) is -0.299. The Morgan fingerprint density at radius 3 is 2.76 bits per heavy atom. The van der Waals surface area contributed by atoms with Crippen molar-refractivity contribution in [2.75, 3.05) is 0 Å². The second-order valence-electron chi connectivity index (χ2n) is 5.87. The fraction of sp³-hybridized carbons (Fsp3) is 0.500. The van der Waals surface area contributed by atoms with E-state index < -0.39 is 11.4 Å². The van der Waals surface area contributed by atoms with Crippen molar-refractivity contribution in [3.8, 4) is 0 Å². The molecule has 0 aliphatic heterocycles. The van der Waals surface area contributed by atoms with Crippen LogP contribution >= 0.6 is 0 Å². The van der Waals surface area contributed by atoms with E-state index >= 15 is 0 Å². The lowest BCUT2D eigenvalue weighted by Gasteiger charge is -2.23. The summed E-state index contributed by atoms with van der Waals surface area (Å²) in [6.07, 6.45) is 3.72. The number of nitrogens with zero attached hydrogens (tertiary/aromatic N) is 2. The maximum atomic E-state index is 13.3. The number of imidazole rings is 1. The van der Waals surface area contributed by atoms with Gasteiger partial charge in [0.05, 0.1) is 16.4 Å². The monoisotopic (exact) mass is 290 g/mol. The quantitative estimate of drug-likeness (QED) is 0.939. The number of rotatable bonds is 4. The molecule has 112 valence electrons. The minimum Gasteiger partial charge on any atom is -0.481 e. The summed E-state index contributed by atoms with van der Waals surface area (Å²) in [5, 5.41) is 9.61. The van der Waals surface area contributed by atoms with Crippen LogP contribution in [-0.2, 0) is 17.8 Å². The van der Waals surface area contributed by atoms with Crippen molar-refractivity contribution in [3.05, 3.63) is 29.8 Å². The first-order valence-electron chi connectivity index (χ1n) is 7.44. The number of aromatic nitrogens is 2. The van der Waals surface area contributed by atoms with Gasteiger partial charge in [-0.2, -0.15) is 0 Å². The third-order valence-electron chi connectivity index (χ3n) is 4.62. The lowest BCUT2D eigenvalue weighted by molar-refractivity contribution is -0.148. The standard InChI is InChI=1S/C16H19FN2O2/c1-2-19-13-6-5-11(17)9-12(13)18-14(19)10-16(15(20)21)7-3-4-8-16/h5-6,9H,2-4,7-8,10H2,1H3,(H,20,21). The van der Waals surface area contributed by atoms with Crippen LogP contribution in [0.5, 0.6) is 0 Å². The van der Waals surface area contributed by atoms with Gasteiger partial charge in [-0.05, 0) is 31.9 Å². The average Bonchev–Trinajstić information content (AvgIpc) is 3.03. The molecule has 0 amide bonds. The van der Waals surface area contributed by atoms with Crippen LogP contribution in [0.25, 0.3) is 11.0 Å². The molecule has 1 aliphatic carbocycles. The Morgan fingerprint density at radius 1 is 1.43 bits per heavy atom. The summed E-state index contributed by atoms with van der Waals surface area (Å²) in [6, 6.07) is 4.54. The number of hydrogen-bond acceptors (Lipinski definition) is 2. The number of carboxylic acids is 1. The molecule has 3 rings (SSSR count). The van der Waals surface area contributed by atoms with Crippen LogP contribution in [0.1, 0.15) is 38.4 Å². The number of benzene rings is 1. The van der Waals surface area contributed by atoms with E-state index in [-0.39, 0.29) is 5.82 Å². The molecule has 0 unspecified atom stereocenters.